The maximum Gasteiger partial charge on any atom is 0.416 e. The van der Waals surface area contributed by atoms with E-state index in [0.29, 0.717) is 5.92 Å². The SMILES string of the molecule is CC(N)C1CCCN(c2ccc(C(F)(F)F)cc2)C1. The molecule has 0 spiro atoms. The van der Waals surface area contributed by atoms with E-state index >= 15 is 0 Å². The number of piperidine rings is 1. The summed E-state index contributed by atoms with van der Waals surface area (Å²) >= 11 is 0. The number of halogens is 3. The number of alkyl halides is 3. The average Bonchev–Trinajstić information content (AvgIpc) is 2.38. The quantitative estimate of drug-likeness (QED) is 0.895. The van der Waals surface area contributed by atoms with Gasteiger partial charge in [0.2, 0.25) is 0 Å². The van der Waals surface area contributed by atoms with Crippen molar-refractivity contribution in [2.24, 2.45) is 11.7 Å². The summed E-state index contributed by atoms with van der Waals surface area (Å²) in [6.07, 6.45) is -2.14. The van der Waals surface area contributed by atoms with Crippen LogP contribution in [-0.4, -0.2) is 19.1 Å². The van der Waals surface area contributed by atoms with Crippen molar-refractivity contribution >= 4 is 5.69 Å². The Morgan fingerprint density at radius 2 is 1.89 bits per heavy atom. The molecular formula is C14H19F3N2. The first kappa shape index (κ1) is 14.2. The summed E-state index contributed by atoms with van der Waals surface area (Å²) in [4.78, 5) is 2.12. The highest BCUT2D eigenvalue weighted by molar-refractivity contribution is 5.48. The van der Waals surface area contributed by atoms with Gasteiger partial charge in [-0.2, -0.15) is 13.2 Å². The second kappa shape index (κ2) is 5.41. The van der Waals surface area contributed by atoms with Crippen LogP contribution >= 0.6 is 0 Å². The first-order valence-corrected chi connectivity index (χ1v) is 6.55. The van der Waals surface area contributed by atoms with E-state index in [4.69, 9.17) is 5.73 Å². The van der Waals surface area contributed by atoms with Crippen LogP contribution in [0.15, 0.2) is 24.3 Å². The van der Waals surface area contributed by atoms with E-state index in [0.717, 1.165) is 43.8 Å². The maximum absolute atomic E-state index is 12.5. The van der Waals surface area contributed by atoms with Gasteiger partial charge in [0.25, 0.3) is 0 Å². The highest BCUT2D eigenvalue weighted by Gasteiger charge is 2.30. The van der Waals surface area contributed by atoms with Crippen LogP contribution in [0.3, 0.4) is 0 Å². The molecule has 0 amide bonds. The standard InChI is InChI=1S/C14H19F3N2/c1-10(18)11-3-2-8-19(9-11)13-6-4-12(5-7-13)14(15,16)17/h4-7,10-11H,2-3,8-9,18H2,1H3. The van der Waals surface area contributed by atoms with Crippen molar-refractivity contribution in [3.8, 4) is 0 Å². The topological polar surface area (TPSA) is 29.3 Å². The summed E-state index contributed by atoms with van der Waals surface area (Å²) in [6, 6.07) is 5.51. The molecule has 1 aromatic carbocycles. The molecule has 0 aromatic heterocycles. The molecule has 2 nitrogen and oxygen atoms in total. The molecule has 19 heavy (non-hydrogen) atoms. The lowest BCUT2D eigenvalue weighted by molar-refractivity contribution is -0.137. The van der Waals surface area contributed by atoms with Crippen molar-refractivity contribution < 1.29 is 13.2 Å². The predicted molar refractivity (Wildman–Crippen MR) is 70.0 cm³/mol. The van der Waals surface area contributed by atoms with Gasteiger partial charge in [-0.1, -0.05) is 0 Å². The molecule has 0 aliphatic carbocycles. The zero-order chi connectivity index (χ0) is 14.0. The first-order chi connectivity index (χ1) is 8.88. The van der Waals surface area contributed by atoms with Crippen LogP contribution in [0.1, 0.15) is 25.3 Å². The molecule has 5 heteroatoms. The molecule has 1 aromatic rings. The summed E-state index contributed by atoms with van der Waals surface area (Å²) in [5.74, 6) is 0.413. The van der Waals surface area contributed by atoms with Gasteiger partial charge >= 0.3 is 6.18 Å². The van der Waals surface area contributed by atoms with E-state index in [1.165, 1.54) is 0 Å². The summed E-state index contributed by atoms with van der Waals surface area (Å²) in [7, 11) is 0. The van der Waals surface area contributed by atoms with Crippen molar-refractivity contribution in [3.05, 3.63) is 29.8 Å². The van der Waals surface area contributed by atoms with E-state index < -0.39 is 11.7 Å². The van der Waals surface area contributed by atoms with Gasteiger partial charge < -0.3 is 10.6 Å². The Morgan fingerprint density at radius 1 is 1.26 bits per heavy atom. The predicted octanol–water partition coefficient (Wildman–Crippen LogP) is 3.27. The molecule has 0 saturated carbocycles. The van der Waals surface area contributed by atoms with Gasteiger partial charge in [0.15, 0.2) is 0 Å². The smallest absolute Gasteiger partial charge is 0.371 e. The fourth-order valence-electron chi connectivity index (χ4n) is 2.53. The molecule has 2 unspecified atom stereocenters. The fraction of sp³-hybridized carbons (Fsp3) is 0.571. The molecular weight excluding hydrogens is 253 g/mol. The van der Waals surface area contributed by atoms with Crippen LogP contribution in [0.4, 0.5) is 18.9 Å². The minimum atomic E-state index is -4.27. The van der Waals surface area contributed by atoms with Gasteiger partial charge in [-0.05, 0) is 49.9 Å². The molecule has 0 bridgehead atoms. The Balaban J connectivity index is 2.10. The number of anilines is 1. The molecule has 1 aliphatic rings. The van der Waals surface area contributed by atoms with Crippen LogP contribution in [-0.2, 0) is 6.18 Å². The Labute approximate surface area is 111 Å². The van der Waals surface area contributed by atoms with E-state index in [-0.39, 0.29) is 6.04 Å². The lowest BCUT2D eigenvalue weighted by atomic mass is 9.92. The van der Waals surface area contributed by atoms with E-state index in [1.54, 1.807) is 12.1 Å². The van der Waals surface area contributed by atoms with Crippen LogP contribution < -0.4 is 10.6 Å². The van der Waals surface area contributed by atoms with Gasteiger partial charge in [-0.25, -0.2) is 0 Å². The van der Waals surface area contributed by atoms with Crippen LogP contribution in [0, 0.1) is 5.92 Å². The Morgan fingerprint density at radius 3 is 2.42 bits per heavy atom. The van der Waals surface area contributed by atoms with Crippen molar-refractivity contribution in [1.82, 2.24) is 0 Å². The highest BCUT2D eigenvalue weighted by Crippen LogP contribution is 2.31. The number of hydrogen-bond donors (Lipinski definition) is 1. The molecule has 2 rings (SSSR count). The fourth-order valence-corrected chi connectivity index (χ4v) is 2.53. The third kappa shape index (κ3) is 3.41. The summed E-state index contributed by atoms with van der Waals surface area (Å²) < 4.78 is 37.5. The van der Waals surface area contributed by atoms with Gasteiger partial charge in [-0.15, -0.1) is 0 Å². The Hall–Kier alpha value is -1.23. The first-order valence-electron chi connectivity index (χ1n) is 6.55. The number of rotatable bonds is 2. The van der Waals surface area contributed by atoms with E-state index in [2.05, 4.69) is 4.90 Å². The van der Waals surface area contributed by atoms with Crippen molar-refractivity contribution in [3.63, 3.8) is 0 Å². The minimum Gasteiger partial charge on any atom is -0.371 e. The Bertz CT molecular complexity index is 412. The average molecular weight is 272 g/mol. The zero-order valence-corrected chi connectivity index (χ0v) is 11.0. The minimum absolute atomic E-state index is 0.122. The molecule has 1 fully saturated rings. The Kier molecular flexibility index (Phi) is 4.04. The summed E-state index contributed by atoms with van der Waals surface area (Å²) in [5, 5.41) is 0. The molecule has 2 N–H and O–H groups in total. The normalized spacial score (nSPS) is 22.4. The van der Waals surface area contributed by atoms with Crippen LogP contribution in [0.25, 0.3) is 0 Å². The van der Waals surface area contributed by atoms with Crippen LogP contribution in [0.5, 0.6) is 0 Å². The maximum atomic E-state index is 12.5. The summed E-state index contributed by atoms with van der Waals surface area (Å²) in [5.41, 5.74) is 6.16. The van der Waals surface area contributed by atoms with Crippen molar-refractivity contribution in [2.45, 2.75) is 32.0 Å². The summed E-state index contributed by atoms with van der Waals surface area (Å²) in [6.45, 7) is 3.69. The van der Waals surface area contributed by atoms with E-state index in [1.807, 2.05) is 6.92 Å². The van der Waals surface area contributed by atoms with Crippen LogP contribution in [0.2, 0.25) is 0 Å². The lowest BCUT2D eigenvalue weighted by Crippen LogP contribution is -2.42. The number of nitrogens with two attached hydrogens (primary N) is 1. The highest BCUT2D eigenvalue weighted by atomic mass is 19.4. The molecule has 1 heterocycles. The van der Waals surface area contributed by atoms with Gasteiger partial charge in [0, 0.05) is 24.8 Å². The van der Waals surface area contributed by atoms with Gasteiger partial charge in [-0.3, -0.25) is 0 Å². The van der Waals surface area contributed by atoms with E-state index in [9.17, 15) is 13.2 Å². The van der Waals surface area contributed by atoms with Gasteiger partial charge in [0.1, 0.15) is 0 Å². The largest absolute Gasteiger partial charge is 0.416 e. The molecule has 106 valence electrons. The number of benzene rings is 1. The third-order valence-corrected chi connectivity index (χ3v) is 3.76. The molecule has 2 atom stereocenters. The van der Waals surface area contributed by atoms with Crippen molar-refractivity contribution in [1.29, 1.82) is 0 Å². The number of hydrogen-bond acceptors (Lipinski definition) is 2. The van der Waals surface area contributed by atoms with Gasteiger partial charge in [0.05, 0.1) is 5.56 Å². The zero-order valence-electron chi connectivity index (χ0n) is 11.0. The molecule has 1 saturated heterocycles. The second-order valence-electron chi connectivity index (χ2n) is 5.25. The monoisotopic (exact) mass is 272 g/mol. The third-order valence-electron chi connectivity index (χ3n) is 3.76. The number of nitrogens with zero attached hydrogens (tertiary/aromatic N) is 1. The van der Waals surface area contributed by atoms with Crippen molar-refractivity contribution in [2.75, 3.05) is 18.0 Å². The second-order valence-corrected chi connectivity index (χ2v) is 5.25. The lowest BCUT2D eigenvalue weighted by Gasteiger charge is -2.36. The molecule has 1 aliphatic heterocycles. The molecule has 0 radical (unpaired) electrons.